The van der Waals surface area contributed by atoms with Crippen LogP contribution in [0.15, 0.2) is 0 Å². The summed E-state index contributed by atoms with van der Waals surface area (Å²) >= 11 is 0. The minimum Gasteiger partial charge on any atom is -0.437 e. The fourth-order valence-electron chi connectivity index (χ4n) is 6.78. The van der Waals surface area contributed by atoms with E-state index in [0.717, 1.165) is 63.8 Å². The van der Waals surface area contributed by atoms with Gasteiger partial charge in [-0.25, -0.2) is 0 Å². The summed E-state index contributed by atoms with van der Waals surface area (Å²) in [5, 5.41) is 0. The molecular weight excluding hydrogens is 849 g/mol. The van der Waals surface area contributed by atoms with E-state index in [1.54, 1.807) is 0 Å². The van der Waals surface area contributed by atoms with Crippen LogP contribution in [0.5, 0.6) is 0 Å². The van der Waals surface area contributed by atoms with E-state index in [1.807, 2.05) is 0 Å². The van der Waals surface area contributed by atoms with Gasteiger partial charge >= 0.3 is 25.7 Å². The van der Waals surface area contributed by atoms with Gasteiger partial charge in [0.1, 0.15) is 0 Å². The van der Waals surface area contributed by atoms with Crippen molar-refractivity contribution in [2.75, 3.05) is 39.0 Å². The molecular formula is C37H102N4O6Si9. The van der Waals surface area contributed by atoms with Gasteiger partial charge in [0.25, 0.3) is 8.48 Å². The van der Waals surface area contributed by atoms with Crippen LogP contribution in [-0.2, 0) is 25.3 Å². The van der Waals surface area contributed by atoms with Gasteiger partial charge in [0.05, 0.1) is 8.80 Å². The van der Waals surface area contributed by atoms with Gasteiger partial charge in [-0.05, 0) is 168 Å². The van der Waals surface area contributed by atoms with Crippen LogP contribution >= 0.6 is 0 Å². The molecule has 10 nitrogen and oxygen atoms in total. The zero-order chi connectivity index (χ0) is 44.5. The van der Waals surface area contributed by atoms with Gasteiger partial charge in [-0.2, -0.15) is 0 Å². The number of ether oxygens (including phenoxy) is 1. The predicted octanol–water partition coefficient (Wildman–Crippen LogP) is 10.1. The van der Waals surface area contributed by atoms with Crippen molar-refractivity contribution >= 4 is 76.0 Å². The fraction of sp³-hybridized carbons (Fsp3) is 1.00. The van der Waals surface area contributed by atoms with Crippen LogP contribution in [0.25, 0.3) is 0 Å². The molecule has 0 aromatic rings. The second-order valence-electron chi connectivity index (χ2n) is 20.8. The standard InChI is InChI=1S/C13H33NOSi2.C12H34N2O2Si3.C12H35NO3Si4/c1-5-6-11-17(3,4)12-9-15-13-16(2)10-7-8-14;1-8-11-14-18(4,5)16-19(6,7)15-17(2,3)12-9-10-13;1-17(2,3)14-19(7,8)16-20(9,12-10-11-13)15-18(4,5)6/h16H,5-14H2,1-4H3;14H,8-13H2,1-7H3;10-13H2,1-9H3. The van der Waals surface area contributed by atoms with Gasteiger partial charge < -0.3 is 47.5 Å². The molecule has 0 saturated heterocycles. The first kappa shape index (κ1) is 61.8. The van der Waals surface area contributed by atoms with E-state index in [4.69, 9.17) is 42.5 Å². The Bertz CT molecular complexity index is 952. The zero-order valence-electron chi connectivity index (χ0n) is 41.3. The van der Waals surface area contributed by atoms with Crippen LogP contribution in [0.3, 0.4) is 0 Å². The average molecular weight is 952 g/mol. The Kier molecular flexibility index (Phi) is 32.9. The summed E-state index contributed by atoms with van der Waals surface area (Å²) in [6, 6.07) is 6.22. The molecule has 0 aromatic carbocycles. The van der Waals surface area contributed by atoms with Crippen molar-refractivity contribution < 1.29 is 25.3 Å². The minimum absolute atomic E-state index is 0.614. The molecule has 0 heterocycles. The molecule has 7 N–H and O–H groups in total. The van der Waals surface area contributed by atoms with Gasteiger partial charge in [-0.1, -0.05) is 58.4 Å². The van der Waals surface area contributed by atoms with Gasteiger partial charge in [0.2, 0.25) is 0 Å². The number of hydrogen-bond acceptors (Lipinski definition) is 10. The number of unbranched alkanes of at least 4 members (excludes halogenated alkanes) is 1. The Morgan fingerprint density at radius 2 is 1.02 bits per heavy atom. The maximum Gasteiger partial charge on any atom is 0.315 e. The summed E-state index contributed by atoms with van der Waals surface area (Å²) in [4.78, 5) is 3.56. The molecule has 0 aliphatic carbocycles. The summed E-state index contributed by atoms with van der Waals surface area (Å²) in [6.07, 6.45) is 8.13. The van der Waals surface area contributed by atoms with Crippen molar-refractivity contribution in [1.82, 2.24) is 4.98 Å². The average Bonchev–Trinajstić information content (AvgIpc) is 2.99. The zero-order valence-corrected chi connectivity index (χ0v) is 50.4. The van der Waals surface area contributed by atoms with Crippen molar-refractivity contribution in [2.24, 2.45) is 17.2 Å². The van der Waals surface area contributed by atoms with E-state index >= 15 is 0 Å². The van der Waals surface area contributed by atoms with Gasteiger partial charge in [-0.3, -0.25) is 0 Å². The monoisotopic (exact) mass is 951 g/mol. The van der Waals surface area contributed by atoms with Crippen molar-refractivity contribution in [3.05, 3.63) is 0 Å². The lowest BCUT2D eigenvalue weighted by atomic mass is 10.4. The number of nitrogens with two attached hydrogens (primary N) is 3. The lowest BCUT2D eigenvalue weighted by Crippen LogP contribution is -2.58. The predicted molar refractivity (Wildman–Crippen MR) is 273 cm³/mol. The largest absolute Gasteiger partial charge is 0.437 e. The quantitative estimate of drug-likeness (QED) is 0.0406. The van der Waals surface area contributed by atoms with Crippen LogP contribution in [0, 0.1) is 0 Å². The molecule has 0 aromatic heterocycles. The molecule has 0 spiro atoms. The van der Waals surface area contributed by atoms with E-state index < -0.39 is 76.0 Å². The summed E-state index contributed by atoms with van der Waals surface area (Å²) in [5.41, 5.74) is 16.8. The Hall–Kier alpha value is 1.55. The van der Waals surface area contributed by atoms with Gasteiger partial charge in [0.15, 0.2) is 25.0 Å². The highest BCUT2D eigenvalue weighted by Crippen LogP contribution is 2.28. The molecule has 19 heteroatoms. The fourth-order valence-corrected chi connectivity index (χ4v) is 42.1. The third-order valence-corrected chi connectivity index (χ3v) is 38.5. The molecule has 0 aliphatic rings. The van der Waals surface area contributed by atoms with Gasteiger partial charge in [-0.15, -0.1) is 0 Å². The Morgan fingerprint density at radius 3 is 1.48 bits per heavy atom. The van der Waals surface area contributed by atoms with E-state index in [2.05, 4.69) is 137 Å². The smallest absolute Gasteiger partial charge is 0.315 e. The maximum atomic E-state index is 6.53. The van der Waals surface area contributed by atoms with Crippen molar-refractivity contribution in [1.29, 1.82) is 0 Å². The van der Waals surface area contributed by atoms with Crippen LogP contribution in [0.1, 0.15) is 52.4 Å². The lowest BCUT2D eigenvalue weighted by Gasteiger charge is -2.41. The highest BCUT2D eigenvalue weighted by atomic mass is 28.5. The molecule has 0 radical (unpaired) electrons. The Morgan fingerprint density at radius 1 is 0.518 bits per heavy atom. The second-order valence-corrected chi connectivity index (χ2v) is 57.5. The molecule has 0 aliphatic heterocycles. The lowest BCUT2D eigenvalue weighted by molar-refractivity contribution is 0.189. The minimum atomic E-state index is -2.20. The molecule has 0 saturated carbocycles. The normalized spacial score (nSPS) is 15.1. The first-order valence-corrected chi connectivity index (χ1v) is 49.4. The molecule has 0 amide bonds. The maximum absolute atomic E-state index is 6.53. The molecule has 0 fully saturated rings. The molecule has 2 atom stereocenters. The van der Waals surface area contributed by atoms with Crippen molar-refractivity contribution in [2.45, 2.75) is 200 Å². The topological polar surface area (TPSA) is 145 Å². The Balaban J connectivity index is -0.000000755. The van der Waals surface area contributed by atoms with Crippen LogP contribution in [-0.4, -0.2) is 115 Å². The van der Waals surface area contributed by atoms with Crippen molar-refractivity contribution in [3.63, 3.8) is 0 Å². The van der Waals surface area contributed by atoms with E-state index in [0.29, 0.717) is 6.54 Å². The molecule has 2 unspecified atom stereocenters. The third-order valence-electron chi connectivity index (χ3n) is 8.61. The highest BCUT2D eigenvalue weighted by molar-refractivity contribution is 6.89. The van der Waals surface area contributed by atoms with Crippen LogP contribution in [0.4, 0.5) is 0 Å². The molecule has 342 valence electrons. The summed E-state index contributed by atoms with van der Waals surface area (Å²) in [5.74, 6) is 0. The second kappa shape index (κ2) is 29.8. The number of hydrogen-bond donors (Lipinski definition) is 4. The van der Waals surface area contributed by atoms with E-state index in [9.17, 15) is 0 Å². The SMILES string of the molecule is CCCC[Si](C)(C)CCOC[SiH](C)CCCN.CCCN[Si](C)(C)O[Si](C)(C)O[Si](C)(C)CCCN.C[Si](C)(C)O[Si](C)(C)O[Si](C)(CCCN)O[Si](C)(C)C. The summed E-state index contributed by atoms with van der Waals surface area (Å²) in [6.45, 7) is 49.3. The highest BCUT2D eigenvalue weighted by Gasteiger charge is 2.44. The van der Waals surface area contributed by atoms with Gasteiger partial charge in [0, 0.05) is 20.9 Å². The van der Waals surface area contributed by atoms with Crippen LogP contribution < -0.4 is 22.2 Å². The van der Waals surface area contributed by atoms with E-state index in [1.165, 1.54) is 37.4 Å². The molecule has 0 bridgehead atoms. The molecule has 56 heavy (non-hydrogen) atoms. The first-order chi connectivity index (χ1) is 25.2. The van der Waals surface area contributed by atoms with Crippen molar-refractivity contribution in [3.8, 4) is 0 Å². The summed E-state index contributed by atoms with van der Waals surface area (Å²) < 4.78 is 38.0. The summed E-state index contributed by atoms with van der Waals surface area (Å²) in [7, 11) is -14.6. The molecule has 0 rings (SSSR count). The third kappa shape index (κ3) is 40.9. The van der Waals surface area contributed by atoms with Crippen LogP contribution in [0.2, 0.25) is 148 Å². The number of rotatable bonds is 30. The van der Waals surface area contributed by atoms with E-state index in [-0.39, 0.29) is 0 Å². The first-order valence-electron chi connectivity index (χ1n) is 22.2. The Labute approximate surface area is 360 Å². The number of nitrogens with one attached hydrogen (secondary N) is 1.